The van der Waals surface area contributed by atoms with E-state index < -0.39 is 0 Å². The number of likely N-dealkylation sites (N-methyl/N-ethyl adjacent to an activating group) is 1. The molecule has 0 bridgehead atoms. The maximum atomic E-state index is 2.59. The molecule has 0 aliphatic carbocycles. The molecule has 0 N–H and O–H groups in total. The fourth-order valence-electron chi connectivity index (χ4n) is 2.11. The maximum absolute atomic E-state index is 2.59. The minimum absolute atomic E-state index is 0.821. The van der Waals surface area contributed by atoms with Gasteiger partial charge in [-0.1, -0.05) is 6.92 Å². The topological polar surface area (TPSA) is 3.24 Å². The molecule has 2 atom stereocenters. The second-order valence-electron chi connectivity index (χ2n) is 4.36. The second kappa shape index (κ2) is 3.75. The van der Waals surface area contributed by atoms with Crippen LogP contribution < -0.4 is 0 Å². The smallest absolute Gasteiger partial charge is 0.135 e. The third-order valence-electron chi connectivity index (χ3n) is 3.37. The Bertz CT molecular complexity index is 147. The first kappa shape index (κ1) is 10.0. The van der Waals surface area contributed by atoms with Crippen molar-refractivity contribution in [3.63, 3.8) is 0 Å². The molecule has 0 spiro atoms. The van der Waals surface area contributed by atoms with Crippen LogP contribution in [0, 0.1) is 0 Å². The van der Waals surface area contributed by atoms with E-state index in [9.17, 15) is 0 Å². The van der Waals surface area contributed by atoms with Crippen molar-refractivity contribution in [2.45, 2.75) is 33.2 Å². The zero-order valence-corrected chi connectivity index (χ0v) is 9.01. The van der Waals surface area contributed by atoms with Crippen molar-refractivity contribution >= 4 is 0 Å². The predicted molar refractivity (Wildman–Crippen MR) is 52.9 cm³/mol. The number of hydrogen-bond acceptors (Lipinski definition) is 1. The quantitative estimate of drug-likeness (QED) is 0.582. The van der Waals surface area contributed by atoms with Crippen LogP contribution in [0.2, 0.25) is 0 Å². The zero-order chi connectivity index (χ0) is 9.19. The fourth-order valence-corrected chi connectivity index (χ4v) is 2.11. The average molecular weight is 171 g/mol. The van der Waals surface area contributed by atoms with Gasteiger partial charge >= 0.3 is 0 Å². The van der Waals surface area contributed by atoms with Gasteiger partial charge < -0.3 is 4.48 Å². The van der Waals surface area contributed by atoms with Gasteiger partial charge in [-0.2, -0.15) is 0 Å². The van der Waals surface area contributed by atoms with E-state index in [4.69, 9.17) is 0 Å². The summed E-state index contributed by atoms with van der Waals surface area (Å²) in [7, 11) is 2.38. The Hall–Kier alpha value is -0.0800. The monoisotopic (exact) mass is 171 g/mol. The van der Waals surface area contributed by atoms with Gasteiger partial charge in [0.05, 0.1) is 20.1 Å². The maximum Gasteiger partial charge on any atom is 0.135 e. The molecule has 1 aliphatic heterocycles. The molecule has 1 rings (SSSR count). The van der Waals surface area contributed by atoms with E-state index in [2.05, 4.69) is 32.7 Å². The standard InChI is InChI=1S/C10H23N2/c1-5-7-11-8-10(3)12(4,6-2)9-11/h10H,5-9H2,1-4H3/q+1/t10?,12-/m0/s1. The normalized spacial score (nSPS) is 37.5. The summed E-state index contributed by atoms with van der Waals surface area (Å²) in [5.74, 6) is 0. The Labute approximate surface area is 76.7 Å². The predicted octanol–water partition coefficient (Wildman–Crippen LogP) is 1.52. The van der Waals surface area contributed by atoms with E-state index >= 15 is 0 Å². The highest BCUT2D eigenvalue weighted by Gasteiger charge is 2.37. The number of hydrogen-bond donors (Lipinski definition) is 0. The number of nitrogens with zero attached hydrogens (tertiary/aromatic N) is 2. The summed E-state index contributed by atoms with van der Waals surface area (Å²) in [5, 5.41) is 0. The summed E-state index contributed by atoms with van der Waals surface area (Å²) in [6.07, 6.45) is 1.29. The van der Waals surface area contributed by atoms with E-state index in [1.54, 1.807) is 0 Å². The Balaban J connectivity index is 2.49. The first-order chi connectivity index (χ1) is 5.62. The van der Waals surface area contributed by atoms with Crippen LogP contribution in [-0.4, -0.2) is 48.8 Å². The third-order valence-corrected chi connectivity index (χ3v) is 3.37. The van der Waals surface area contributed by atoms with Crippen LogP contribution in [0.1, 0.15) is 27.2 Å². The summed E-state index contributed by atoms with van der Waals surface area (Å²) in [6.45, 7) is 12.0. The van der Waals surface area contributed by atoms with Gasteiger partial charge in [-0.25, -0.2) is 0 Å². The Morgan fingerprint density at radius 2 is 2.08 bits per heavy atom. The molecule has 1 saturated heterocycles. The van der Waals surface area contributed by atoms with Crippen molar-refractivity contribution in [2.24, 2.45) is 0 Å². The molecule has 72 valence electrons. The van der Waals surface area contributed by atoms with Crippen LogP contribution in [0.25, 0.3) is 0 Å². The van der Waals surface area contributed by atoms with E-state index in [1.165, 1.54) is 37.2 Å². The lowest BCUT2D eigenvalue weighted by Crippen LogP contribution is -2.47. The van der Waals surface area contributed by atoms with Gasteiger partial charge in [0, 0.05) is 6.54 Å². The van der Waals surface area contributed by atoms with Crippen LogP contribution in [-0.2, 0) is 0 Å². The molecule has 0 radical (unpaired) electrons. The van der Waals surface area contributed by atoms with Crippen molar-refractivity contribution in [2.75, 3.05) is 33.4 Å². The van der Waals surface area contributed by atoms with Gasteiger partial charge in [0.1, 0.15) is 12.7 Å². The highest BCUT2D eigenvalue weighted by Crippen LogP contribution is 2.20. The summed E-state index contributed by atoms with van der Waals surface area (Å²) in [6, 6.07) is 0.821. The second-order valence-corrected chi connectivity index (χ2v) is 4.36. The summed E-state index contributed by atoms with van der Waals surface area (Å²) in [4.78, 5) is 2.59. The first-order valence-electron chi connectivity index (χ1n) is 5.19. The van der Waals surface area contributed by atoms with Gasteiger partial charge in [-0.15, -0.1) is 0 Å². The van der Waals surface area contributed by atoms with Crippen LogP contribution in [0.5, 0.6) is 0 Å². The minimum atomic E-state index is 0.821. The van der Waals surface area contributed by atoms with E-state index in [-0.39, 0.29) is 0 Å². The Kier molecular flexibility index (Phi) is 3.13. The molecule has 0 saturated carbocycles. The number of quaternary nitrogens is 1. The summed E-state index contributed by atoms with van der Waals surface area (Å²) in [5.41, 5.74) is 0. The first-order valence-corrected chi connectivity index (χ1v) is 5.19. The summed E-state index contributed by atoms with van der Waals surface area (Å²) < 4.78 is 1.24. The largest absolute Gasteiger partial charge is 0.310 e. The van der Waals surface area contributed by atoms with Gasteiger partial charge in [-0.3, -0.25) is 4.90 Å². The number of rotatable bonds is 3. The molecular formula is C10H23N2+. The van der Waals surface area contributed by atoms with Crippen LogP contribution >= 0.6 is 0 Å². The Morgan fingerprint density at radius 3 is 2.50 bits per heavy atom. The van der Waals surface area contributed by atoms with Crippen LogP contribution in [0.3, 0.4) is 0 Å². The molecule has 1 aliphatic rings. The van der Waals surface area contributed by atoms with Crippen molar-refractivity contribution in [3.05, 3.63) is 0 Å². The molecule has 0 aromatic heterocycles. The lowest BCUT2D eigenvalue weighted by molar-refractivity contribution is -0.920. The zero-order valence-electron chi connectivity index (χ0n) is 9.01. The Morgan fingerprint density at radius 1 is 1.42 bits per heavy atom. The van der Waals surface area contributed by atoms with E-state index in [0.717, 1.165) is 6.04 Å². The molecule has 12 heavy (non-hydrogen) atoms. The lowest BCUT2D eigenvalue weighted by atomic mass is 10.3. The lowest BCUT2D eigenvalue weighted by Gasteiger charge is -2.32. The molecule has 0 aromatic carbocycles. The van der Waals surface area contributed by atoms with E-state index in [0.29, 0.717) is 0 Å². The molecule has 1 unspecified atom stereocenters. The van der Waals surface area contributed by atoms with Gasteiger partial charge in [0.25, 0.3) is 0 Å². The SMILES string of the molecule is CCCN1CC(C)[N@@+](C)(CC)C1. The highest BCUT2D eigenvalue weighted by molar-refractivity contribution is 4.67. The molecule has 1 fully saturated rings. The molecule has 0 aromatic rings. The average Bonchev–Trinajstić information content (AvgIpc) is 2.30. The summed E-state index contributed by atoms with van der Waals surface area (Å²) >= 11 is 0. The van der Waals surface area contributed by atoms with E-state index in [1.807, 2.05) is 0 Å². The van der Waals surface area contributed by atoms with Crippen molar-refractivity contribution in [1.29, 1.82) is 0 Å². The van der Waals surface area contributed by atoms with Gasteiger partial charge in [0.2, 0.25) is 0 Å². The van der Waals surface area contributed by atoms with Gasteiger partial charge in [0.15, 0.2) is 0 Å². The van der Waals surface area contributed by atoms with Crippen molar-refractivity contribution in [3.8, 4) is 0 Å². The minimum Gasteiger partial charge on any atom is -0.310 e. The molecular weight excluding hydrogens is 148 g/mol. The van der Waals surface area contributed by atoms with Crippen LogP contribution in [0.4, 0.5) is 0 Å². The van der Waals surface area contributed by atoms with Gasteiger partial charge in [-0.05, 0) is 20.3 Å². The highest BCUT2D eigenvalue weighted by atomic mass is 15.5. The molecule has 1 heterocycles. The third kappa shape index (κ3) is 1.80. The van der Waals surface area contributed by atoms with Crippen molar-refractivity contribution in [1.82, 2.24) is 4.90 Å². The molecule has 2 nitrogen and oxygen atoms in total. The van der Waals surface area contributed by atoms with Crippen LogP contribution in [0.15, 0.2) is 0 Å². The van der Waals surface area contributed by atoms with Crippen molar-refractivity contribution < 1.29 is 4.48 Å². The molecule has 2 heteroatoms. The fraction of sp³-hybridized carbons (Fsp3) is 1.00. The molecule has 0 amide bonds.